The second-order valence-corrected chi connectivity index (χ2v) is 7.62. The number of carbonyl (C=O) groups excluding carboxylic acids is 1. The van der Waals surface area contributed by atoms with Crippen molar-refractivity contribution in [2.45, 2.75) is 50.5 Å². The van der Waals surface area contributed by atoms with Crippen LogP contribution in [0, 0.1) is 5.92 Å². The van der Waals surface area contributed by atoms with E-state index < -0.39 is 0 Å². The average molecular weight is 336 g/mol. The fourth-order valence-corrected chi connectivity index (χ4v) is 4.17. The van der Waals surface area contributed by atoms with Crippen molar-refractivity contribution in [1.29, 1.82) is 0 Å². The summed E-state index contributed by atoms with van der Waals surface area (Å²) in [7, 11) is 0. The van der Waals surface area contributed by atoms with E-state index in [4.69, 9.17) is 9.72 Å². The molecule has 1 saturated carbocycles. The molecule has 4 rings (SSSR count). The minimum atomic E-state index is 0.0693. The number of carbonyl (C=O) groups is 1. The van der Waals surface area contributed by atoms with Crippen molar-refractivity contribution in [3.63, 3.8) is 0 Å². The highest BCUT2D eigenvalue weighted by molar-refractivity contribution is 7.09. The number of nitrogens with one attached hydrogen (secondary N) is 1. The molecule has 6 nitrogen and oxygen atoms in total. The first-order valence-corrected chi connectivity index (χ1v) is 9.53. The van der Waals surface area contributed by atoms with Crippen molar-refractivity contribution in [3.05, 3.63) is 5.82 Å². The molecule has 3 fully saturated rings. The molecule has 2 saturated heterocycles. The largest absolute Gasteiger partial charge is 0.381 e. The van der Waals surface area contributed by atoms with Crippen LogP contribution in [0.2, 0.25) is 0 Å². The molecule has 0 bridgehead atoms. The van der Waals surface area contributed by atoms with Gasteiger partial charge < -0.3 is 15.0 Å². The quantitative estimate of drug-likeness (QED) is 0.910. The number of anilines is 1. The Kier molecular flexibility index (Phi) is 4.48. The van der Waals surface area contributed by atoms with Gasteiger partial charge in [-0.1, -0.05) is 0 Å². The molecule has 1 atom stereocenters. The lowest BCUT2D eigenvalue weighted by Crippen LogP contribution is -2.47. The fraction of sp³-hybridized carbons (Fsp3) is 0.812. The number of hydrogen-bond donors (Lipinski definition) is 1. The fourth-order valence-electron chi connectivity index (χ4n) is 3.39. The van der Waals surface area contributed by atoms with Crippen molar-refractivity contribution >= 4 is 22.6 Å². The van der Waals surface area contributed by atoms with Gasteiger partial charge in [-0.3, -0.25) is 4.79 Å². The molecule has 23 heavy (non-hydrogen) atoms. The van der Waals surface area contributed by atoms with E-state index >= 15 is 0 Å². The van der Waals surface area contributed by atoms with Crippen LogP contribution in [0.3, 0.4) is 0 Å². The summed E-state index contributed by atoms with van der Waals surface area (Å²) >= 11 is 1.49. The number of rotatable bonds is 4. The molecule has 0 spiro atoms. The number of piperidine rings is 1. The lowest BCUT2D eigenvalue weighted by atomic mass is 9.96. The van der Waals surface area contributed by atoms with Gasteiger partial charge in [0, 0.05) is 49.8 Å². The SMILES string of the molecule is O=C(NC1CCOCC1)C1CCCN(c2nc(C3CC3)ns2)C1. The summed E-state index contributed by atoms with van der Waals surface area (Å²) in [5.41, 5.74) is 0. The molecule has 7 heteroatoms. The number of amides is 1. The molecule has 1 aromatic heterocycles. The van der Waals surface area contributed by atoms with Crippen molar-refractivity contribution in [2.24, 2.45) is 5.92 Å². The second-order valence-electron chi connectivity index (χ2n) is 6.89. The topological polar surface area (TPSA) is 67.3 Å². The van der Waals surface area contributed by atoms with Crippen LogP contribution in [0.1, 0.15) is 50.3 Å². The predicted molar refractivity (Wildman–Crippen MR) is 88.8 cm³/mol. The Morgan fingerprint density at radius 2 is 2.04 bits per heavy atom. The first-order chi connectivity index (χ1) is 11.3. The van der Waals surface area contributed by atoms with Crippen molar-refractivity contribution in [1.82, 2.24) is 14.7 Å². The van der Waals surface area contributed by atoms with E-state index in [9.17, 15) is 4.79 Å². The van der Waals surface area contributed by atoms with Crippen molar-refractivity contribution < 1.29 is 9.53 Å². The summed E-state index contributed by atoms with van der Waals surface area (Å²) in [6, 6.07) is 0.287. The Morgan fingerprint density at radius 1 is 1.22 bits per heavy atom. The summed E-state index contributed by atoms with van der Waals surface area (Å²) < 4.78 is 9.85. The van der Waals surface area contributed by atoms with E-state index in [0.29, 0.717) is 5.92 Å². The third kappa shape index (κ3) is 3.66. The van der Waals surface area contributed by atoms with Gasteiger partial charge in [-0.25, -0.2) is 4.98 Å². The summed E-state index contributed by atoms with van der Waals surface area (Å²) in [5, 5.41) is 4.21. The maximum absolute atomic E-state index is 12.6. The normalized spacial score (nSPS) is 26.3. The average Bonchev–Trinajstić information content (AvgIpc) is 3.33. The Hall–Kier alpha value is -1.21. The minimum absolute atomic E-state index is 0.0693. The van der Waals surface area contributed by atoms with Gasteiger partial charge in [0.05, 0.1) is 5.92 Å². The number of ether oxygens (including phenoxy) is 1. The van der Waals surface area contributed by atoms with Gasteiger partial charge in [-0.2, -0.15) is 4.37 Å². The first-order valence-electron chi connectivity index (χ1n) is 8.76. The van der Waals surface area contributed by atoms with Crippen LogP contribution >= 0.6 is 11.5 Å². The molecule has 1 unspecified atom stereocenters. The van der Waals surface area contributed by atoms with Gasteiger partial charge in [0.2, 0.25) is 11.0 Å². The lowest BCUT2D eigenvalue weighted by molar-refractivity contribution is -0.126. The zero-order valence-corrected chi connectivity index (χ0v) is 14.2. The van der Waals surface area contributed by atoms with Crippen LogP contribution in [-0.4, -0.2) is 47.6 Å². The summed E-state index contributed by atoms with van der Waals surface area (Å²) in [5.74, 6) is 1.88. The Bertz CT molecular complexity index is 554. The summed E-state index contributed by atoms with van der Waals surface area (Å²) in [6.45, 7) is 3.28. The Morgan fingerprint density at radius 3 is 2.83 bits per heavy atom. The summed E-state index contributed by atoms with van der Waals surface area (Å²) in [6.07, 6.45) is 6.34. The molecule has 2 aliphatic heterocycles. The van der Waals surface area contributed by atoms with Gasteiger partial charge in [0.1, 0.15) is 5.82 Å². The van der Waals surface area contributed by atoms with Crippen LogP contribution in [-0.2, 0) is 9.53 Å². The monoisotopic (exact) mass is 336 g/mol. The first kappa shape index (κ1) is 15.3. The molecule has 1 amide bonds. The maximum atomic E-state index is 12.6. The second kappa shape index (κ2) is 6.73. The van der Waals surface area contributed by atoms with E-state index in [1.807, 2.05) is 0 Å². The highest BCUT2D eigenvalue weighted by Gasteiger charge is 2.31. The van der Waals surface area contributed by atoms with Gasteiger partial charge in [-0.15, -0.1) is 0 Å². The number of hydrogen-bond acceptors (Lipinski definition) is 6. The Labute approximate surface area is 140 Å². The van der Waals surface area contributed by atoms with E-state index in [1.165, 1.54) is 24.4 Å². The van der Waals surface area contributed by atoms with Gasteiger partial charge in [-0.05, 0) is 38.5 Å². The van der Waals surface area contributed by atoms with Crippen LogP contribution in [0.25, 0.3) is 0 Å². The Balaban J connectivity index is 1.34. The third-order valence-corrected chi connectivity index (χ3v) is 5.80. The van der Waals surface area contributed by atoms with E-state index in [2.05, 4.69) is 14.6 Å². The molecule has 3 aliphatic rings. The zero-order valence-electron chi connectivity index (χ0n) is 13.4. The molecule has 1 aliphatic carbocycles. The molecule has 0 aromatic carbocycles. The van der Waals surface area contributed by atoms with Gasteiger partial charge >= 0.3 is 0 Å². The highest BCUT2D eigenvalue weighted by atomic mass is 32.1. The van der Waals surface area contributed by atoms with Crippen molar-refractivity contribution in [3.8, 4) is 0 Å². The summed E-state index contributed by atoms with van der Waals surface area (Å²) in [4.78, 5) is 19.5. The maximum Gasteiger partial charge on any atom is 0.225 e. The van der Waals surface area contributed by atoms with E-state index in [-0.39, 0.29) is 17.9 Å². The number of nitrogens with zero attached hydrogens (tertiary/aromatic N) is 3. The predicted octanol–water partition coefficient (Wildman–Crippen LogP) is 1.93. The lowest BCUT2D eigenvalue weighted by Gasteiger charge is -2.33. The smallest absolute Gasteiger partial charge is 0.225 e. The third-order valence-electron chi connectivity index (χ3n) is 5.00. The molecular weight excluding hydrogens is 312 g/mol. The molecule has 1 N–H and O–H groups in total. The molecule has 0 radical (unpaired) electrons. The van der Waals surface area contributed by atoms with E-state index in [1.54, 1.807) is 0 Å². The molecule has 126 valence electrons. The van der Waals surface area contributed by atoms with Gasteiger partial charge in [0.15, 0.2) is 0 Å². The molecule has 3 heterocycles. The standard InChI is InChI=1S/C16H24N4O2S/c21-15(17-13-5-8-22-9-6-13)12-2-1-7-20(10-12)16-18-14(19-23-16)11-3-4-11/h11-13H,1-10H2,(H,17,21). The van der Waals surface area contributed by atoms with Crippen LogP contribution in [0.15, 0.2) is 0 Å². The zero-order chi connectivity index (χ0) is 15.6. The van der Waals surface area contributed by atoms with Crippen LogP contribution in [0.4, 0.5) is 5.13 Å². The van der Waals surface area contributed by atoms with Gasteiger partial charge in [0.25, 0.3) is 0 Å². The van der Waals surface area contributed by atoms with Crippen LogP contribution in [0.5, 0.6) is 0 Å². The van der Waals surface area contributed by atoms with Crippen LogP contribution < -0.4 is 10.2 Å². The minimum Gasteiger partial charge on any atom is -0.381 e. The molecular formula is C16H24N4O2S. The van der Waals surface area contributed by atoms with E-state index in [0.717, 1.165) is 62.9 Å². The molecule has 1 aromatic rings. The number of aromatic nitrogens is 2. The van der Waals surface area contributed by atoms with Crippen molar-refractivity contribution in [2.75, 3.05) is 31.2 Å². The highest BCUT2D eigenvalue weighted by Crippen LogP contribution is 2.40.